The van der Waals surface area contributed by atoms with Gasteiger partial charge in [0.1, 0.15) is 0 Å². The maximum atomic E-state index is 11.2. The van der Waals surface area contributed by atoms with Gasteiger partial charge in [-0.05, 0) is 37.0 Å². The van der Waals surface area contributed by atoms with E-state index >= 15 is 0 Å². The minimum atomic E-state index is -0.171. The van der Waals surface area contributed by atoms with Crippen molar-refractivity contribution < 1.29 is 9.53 Å². The zero-order valence-corrected chi connectivity index (χ0v) is 10.3. The van der Waals surface area contributed by atoms with E-state index in [0.717, 1.165) is 16.7 Å². The monoisotopic (exact) mass is 231 g/mol. The molecule has 0 amide bonds. The molecule has 0 N–H and O–H groups in total. The van der Waals surface area contributed by atoms with Gasteiger partial charge in [-0.15, -0.1) is 0 Å². The fourth-order valence-electron chi connectivity index (χ4n) is 1.64. The Balaban J connectivity index is 2.63. The second-order valence-corrected chi connectivity index (χ2v) is 3.90. The minimum absolute atomic E-state index is 0.171. The Bertz CT molecular complexity index is 432. The van der Waals surface area contributed by atoms with Gasteiger partial charge < -0.3 is 4.74 Å². The molecule has 0 radical (unpaired) electrons. The number of benzene rings is 1. The van der Waals surface area contributed by atoms with Crippen LogP contribution in [0.3, 0.4) is 0 Å². The van der Waals surface area contributed by atoms with Crippen molar-refractivity contribution in [2.45, 2.75) is 33.1 Å². The van der Waals surface area contributed by atoms with Crippen LogP contribution in [0.4, 0.5) is 0 Å². The molecule has 0 aliphatic carbocycles. The first-order valence-corrected chi connectivity index (χ1v) is 5.78. The van der Waals surface area contributed by atoms with Crippen molar-refractivity contribution in [1.82, 2.24) is 0 Å². The average molecular weight is 231 g/mol. The van der Waals surface area contributed by atoms with Crippen LogP contribution in [0, 0.1) is 18.3 Å². The highest BCUT2D eigenvalue weighted by atomic mass is 16.5. The number of hydrogen-bond acceptors (Lipinski definition) is 3. The van der Waals surface area contributed by atoms with E-state index in [1.54, 1.807) is 6.92 Å². The molecule has 0 atom stereocenters. The smallest absolute Gasteiger partial charge is 0.306 e. The lowest BCUT2D eigenvalue weighted by molar-refractivity contribution is -0.143. The molecule has 0 fully saturated rings. The topological polar surface area (TPSA) is 50.1 Å². The molecule has 0 aliphatic heterocycles. The summed E-state index contributed by atoms with van der Waals surface area (Å²) >= 11 is 0. The summed E-state index contributed by atoms with van der Waals surface area (Å²) < 4.78 is 4.87. The van der Waals surface area contributed by atoms with Crippen LogP contribution in [-0.2, 0) is 22.4 Å². The Labute approximate surface area is 102 Å². The molecule has 90 valence electrons. The number of aryl methyl sites for hydroxylation is 2. The lowest BCUT2D eigenvalue weighted by Crippen LogP contribution is -2.05. The predicted octanol–water partition coefficient (Wildman–Crippen LogP) is 2.56. The van der Waals surface area contributed by atoms with Gasteiger partial charge >= 0.3 is 5.97 Å². The quantitative estimate of drug-likeness (QED) is 0.732. The maximum absolute atomic E-state index is 11.2. The summed E-state index contributed by atoms with van der Waals surface area (Å²) in [6, 6.07) is 8.13. The standard InChI is InChI=1S/C14H17NO2/c1-3-17-14(16)7-6-12-5-4-11(2)13(10-12)8-9-15/h4-5,10H,3,6-8H2,1-2H3. The van der Waals surface area contributed by atoms with Crippen LogP contribution in [0.15, 0.2) is 18.2 Å². The van der Waals surface area contributed by atoms with Crippen LogP contribution in [0.25, 0.3) is 0 Å². The van der Waals surface area contributed by atoms with E-state index < -0.39 is 0 Å². The first-order valence-electron chi connectivity index (χ1n) is 5.78. The van der Waals surface area contributed by atoms with Gasteiger partial charge in [-0.1, -0.05) is 18.2 Å². The highest BCUT2D eigenvalue weighted by Gasteiger charge is 2.04. The van der Waals surface area contributed by atoms with Crippen LogP contribution in [0.2, 0.25) is 0 Å². The van der Waals surface area contributed by atoms with E-state index in [-0.39, 0.29) is 5.97 Å². The highest BCUT2D eigenvalue weighted by Crippen LogP contribution is 2.13. The summed E-state index contributed by atoms with van der Waals surface area (Å²) in [4.78, 5) is 11.2. The van der Waals surface area contributed by atoms with Crippen molar-refractivity contribution in [3.63, 3.8) is 0 Å². The Morgan fingerprint density at radius 2 is 2.24 bits per heavy atom. The van der Waals surface area contributed by atoms with Crippen molar-refractivity contribution in [3.05, 3.63) is 34.9 Å². The molecule has 1 aromatic carbocycles. The number of ether oxygens (including phenoxy) is 1. The summed E-state index contributed by atoms with van der Waals surface area (Å²) in [6.45, 7) is 4.21. The van der Waals surface area contributed by atoms with Gasteiger partial charge in [-0.3, -0.25) is 4.79 Å². The van der Waals surface area contributed by atoms with E-state index in [2.05, 4.69) is 6.07 Å². The first-order chi connectivity index (χ1) is 8.17. The maximum Gasteiger partial charge on any atom is 0.306 e. The summed E-state index contributed by atoms with van der Waals surface area (Å²) in [7, 11) is 0. The molecule has 0 saturated heterocycles. The molecular formula is C14H17NO2. The van der Waals surface area contributed by atoms with Crippen molar-refractivity contribution in [3.8, 4) is 6.07 Å². The SMILES string of the molecule is CCOC(=O)CCc1ccc(C)c(CC#N)c1. The molecule has 0 aliphatic rings. The van der Waals surface area contributed by atoms with Gasteiger partial charge in [-0.25, -0.2) is 0 Å². The Hall–Kier alpha value is -1.82. The van der Waals surface area contributed by atoms with Gasteiger partial charge in [-0.2, -0.15) is 5.26 Å². The zero-order chi connectivity index (χ0) is 12.7. The molecule has 0 heterocycles. The largest absolute Gasteiger partial charge is 0.466 e. The lowest BCUT2D eigenvalue weighted by atomic mass is 10.0. The zero-order valence-electron chi connectivity index (χ0n) is 10.3. The third-order valence-electron chi connectivity index (χ3n) is 2.61. The van der Waals surface area contributed by atoms with E-state index in [4.69, 9.17) is 10.00 Å². The van der Waals surface area contributed by atoms with Crippen molar-refractivity contribution in [2.75, 3.05) is 6.61 Å². The number of hydrogen-bond donors (Lipinski definition) is 0. The Morgan fingerprint density at radius 1 is 1.47 bits per heavy atom. The number of carbonyl (C=O) groups is 1. The molecule has 3 heteroatoms. The molecule has 0 unspecified atom stereocenters. The van der Waals surface area contributed by atoms with Crippen LogP contribution < -0.4 is 0 Å². The number of esters is 1. The second kappa shape index (κ2) is 6.70. The molecule has 0 bridgehead atoms. The Kier molecular flexibility index (Phi) is 5.22. The van der Waals surface area contributed by atoms with E-state index in [1.165, 1.54) is 0 Å². The van der Waals surface area contributed by atoms with Crippen molar-refractivity contribution >= 4 is 5.97 Å². The van der Waals surface area contributed by atoms with Crippen LogP contribution >= 0.6 is 0 Å². The number of nitrogens with zero attached hydrogens (tertiary/aromatic N) is 1. The third-order valence-corrected chi connectivity index (χ3v) is 2.61. The number of nitriles is 1. The molecule has 3 nitrogen and oxygen atoms in total. The second-order valence-electron chi connectivity index (χ2n) is 3.90. The molecule has 0 saturated carbocycles. The highest BCUT2D eigenvalue weighted by molar-refractivity contribution is 5.69. The minimum Gasteiger partial charge on any atom is -0.466 e. The van der Waals surface area contributed by atoms with Crippen molar-refractivity contribution in [2.24, 2.45) is 0 Å². The van der Waals surface area contributed by atoms with E-state index in [1.807, 2.05) is 25.1 Å². The van der Waals surface area contributed by atoms with E-state index in [0.29, 0.717) is 25.9 Å². The van der Waals surface area contributed by atoms with Crippen molar-refractivity contribution in [1.29, 1.82) is 5.26 Å². The molecule has 0 spiro atoms. The van der Waals surface area contributed by atoms with Gasteiger partial charge in [0.2, 0.25) is 0 Å². The van der Waals surface area contributed by atoms with Crippen LogP contribution in [0.1, 0.15) is 30.0 Å². The molecular weight excluding hydrogens is 214 g/mol. The lowest BCUT2D eigenvalue weighted by Gasteiger charge is -2.06. The summed E-state index contributed by atoms with van der Waals surface area (Å²) in [6.07, 6.45) is 1.47. The van der Waals surface area contributed by atoms with Gasteiger partial charge in [0.15, 0.2) is 0 Å². The molecule has 0 aromatic heterocycles. The van der Waals surface area contributed by atoms with Gasteiger partial charge in [0.25, 0.3) is 0 Å². The first kappa shape index (κ1) is 13.2. The third kappa shape index (κ3) is 4.28. The van der Waals surface area contributed by atoms with Gasteiger partial charge in [0, 0.05) is 6.42 Å². The summed E-state index contributed by atoms with van der Waals surface area (Å²) in [5.74, 6) is -0.171. The fourth-order valence-corrected chi connectivity index (χ4v) is 1.64. The van der Waals surface area contributed by atoms with Gasteiger partial charge in [0.05, 0.1) is 19.1 Å². The van der Waals surface area contributed by atoms with Crippen LogP contribution in [-0.4, -0.2) is 12.6 Å². The average Bonchev–Trinajstić information content (AvgIpc) is 2.31. The molecule has 17 heavy (non-hydrogen) atoms. The molecule has 1 rings (SSSR count). The molecule has 1 aromatic rings. The predicted molar refractivity (Wildman–Crippen MR) is 65.5 cm³/mol. The normalized spacial score (nSPS) is 9.71. The van der Waals surface area contributed by atoms with E-state index in [9.17, 15) is 4.79 Å². The summed E-state index contributed by atoms with van der Waals surface area (Å²) in [5.41, 5.74) is 3.23. The summed E-state index contributed by atoms with van der Waals surface area (Å²) in [5, 5.41) is 8.70. The number of carbonyl (C=O) groups excluding carboxylic acids is 1. The number of rotatable bonds is 5. The Morgan fingerprint density at radius 3 is 2.88 bits per heavy atom. The fraction of sp³-hybridized carbons (Fsp3) is 0.429. The van der Waals surface area contributed by atoms with Crippen LogP contribution in [0.5, 0.6) is 0 Å².